The lowest BCUT2D eigenvalue weighted by Gasteiger charge is -2.27. The fraction of sp³-hybridized carbons (Fsp3) is 0.417. The number of ether oxygens (including phenoxy) is 1. The van der Waals surface area contributed by atoms with Crippen molar-refractivity contribution in [1.82, 2.24) is 10.6 Å². The number of hydrogen-bond donors (Lipinski definition) is 2. The normalized spacial score (nSPS) is 23.8. The number of benzene rings is 1. The quantitative estimate of drug-likeness (QED) is 0.813. The van der Waals surface area contributed by atoms with Crippen molar-refractivity contribution in [2.24, 2.45) is 0 Å². The highest BCUT2D eigenvalue weighted by Gasteiger charge is 2.37. The van der Waals surface area contributed by atoms with Crippen LogP contribution in [-0.2, 0) is 5.54 Å². The molecular formula is C12H16N2O2. The van der Waals surface area contributed by atoms with Crippen molar-refractivity contribution in [3.63, 3.8) is 0 Å². The molecule has 1 unspecified atom stereocenters. The molecule has 1 fully saturated rings. The zero-order valence-corrected chi connectivity index (χ0v) is 9.54. The van der Waals surface area contributed by atoms with Crippen LogP contribution in [0.3, 0.4) is 0 Å². The van der Waals surface area contributed by atoms with E-state index in [0.29, 0.717) is 6.54 Å². The van der Waals surface area contributed by atoms with E-state index in [-0.39, 0.29) is 11.6 Å². The van der Waals surface area contributed by atoms with E-state index in [9.17, 15) is 4.79 Å². The molecule has 0 saturated carbocycles. The Bertz CT molecular complexity index is 389. The molecule has 16 heavy (non-hydrogen) atoms. The summed E-state index contributed by atoms with van der Waals surface area (Å²) in [5, 5.41) is 5.79. The molecule has 1 aromatic carbocycles. The molecule has 0 aromatic heterocycles. The largest absolute Gasteiger partial charge is 0.497 e. The van der Waals surface area contributed by atoms with Crippen LogP contribution in [0.25, 0.3) is 0 Å². The number of urea groups is 1. The van der Waals surface area contributed by atoms with Gasteiger partial charge >= 0.3 is 6.03 Å². The third kappa shape index (κ3) is 1.71. The van der Waals surface area contributed by atoms with Crippen molar-refractivity contribution in [1.29, 1.82) is 0 Å². The van der Waals surface area contributed by atoms with Gasteiger partial charge in [-0.1, -0.05) is 19.1 Å². The van der Waals surface area contributed by atoms with Crippen LogP contribution < -0.4 is 15.4 Å². The van der Waals surface area contributed by atoms with Crippen molar-refractivity contribution >= 4 is 6.03 Å². The summed E-state index contributed by atoms with van der Waals surface area (Å²) >= 11 is 0. The number of hydrogen-bond acceptors (Lipinski definition) is 2. The van der Waals surface area contributed by atoms with Gasteiger partial charge in [0.1, 0.15) is 5.75 Å². The molecule has 0 spiro atoms. The molecule has 4 nitrogen and oxygen atoms in total. The lowest BCUT2D eigenvalue weighted by atomic mass is 9.88. The molecule has 4 heteroatoms. The molecule has 1 heterocycles. The Morgan fingerprint density at radius 3 is 2.50 bits per heavy atom. The van der Waals surface area contributed by atoms with Crippen molar-refractivity contribution in [2.75, 3.05) is 13.7 Å². The van der Waals surface area contributed by atoms with Crippen LogP contribution in [0.15, 0.2) is 24.3 Å². The van der Waals surface area contributed by atoms with Crippen molar-refractivity contribution < 1.29 is 9.53 Å². The van der Waals surface area contributed by atoms with Gasteiger partial charge in [-0.3, -0.25) is 0 Å². The minimum absolute atomic E-state index is 0.0994. The summed E-state index contributed by atoms with van der Waals surface area (Å²) in [4.78, 5) is 11.3. The minimum atomic E-state index is -0.274. The van der Waals surface area contributed by atoms with Gasteiger partial charge in [-0.05, 0) is 24.1 Å². The van der Waals surface area contributed by atoms with Gasteiger partial charge in [0, 0.05) is 6.54 Å². The highest BCUT2D eigenvalue weighted by atomic mass is 16.5. The third-order valence-electron chi connectivity index (χ3n) is 3.15. The molecular weight excluding hydrogens is 204 g/mol. The molecule has 1 aliphatic heterocycles. The Kier molecular flexibility index (Phi) is 2.73. The molecule has 1 aliphatic rings. The van der Waals surface area contributed by atoms with Crippen LogP contribution in [0, 0.1) is 0 Å². The molecule has 1 atom stereocenters. The first-order valence-corrected chi connectivity index (χ1v) is 5.41. The summed E-state index contributed by atoms with van der Waals surface area (Å²) in [7, 11) is 1.64. The number of nitrogens with one attached hydrogen (secondary N) is 2. The van der Waals surface area contributed by atoms with Crippen molar-refractivity contribution in [3.8, 4) is 5.75 Å². The minimum Gasteiger partial charge on any atom is -0.497 e. The first kappa shape index (κ1) is 10.8. The van der Waals surface area contributed by atoms with E-state index >= 15 is 0 Å². The van der Waals surface area contributed by atoms with E-state index in [1.807, 2.05) is 24.3 Å². The summed E-state index contributed by atoms with van der Waals surface area (Å²) in [6, 6.07) is 7.72. The number of carbonyl (C=O) groups excluding carboxylic acids is 1. The summed E-state index contributed by atoms with van der Waals surface area (Å²) in [6.45, 7) is 2.70. The second-order valence-electron chi connectivity index (χ2n) is 3.97. The number of rotatable bonds is 3. The highest BCUT2D eigenvalue weighted by molar-refractivity contribution is 5.78. The van der Waals surface area contributed by atoms with E-state index < -0.39 is 0 Å². The highest BCUT2D eigenvalue weighted by Crippen LogP contribution is 2.28. The van der Waals surface area contributed by atoms with Gasteiger partial charge in [0.15, 0.2) is 0 Å². The lowest BCUT2D eigenvalue weighted by Crippen LogP contribution is -2.39. The molecule has 2 N–H and O–H groups in total. The Morgan fingerprint density at radius 2 is 2.06 bits per heavy atom. The van der Waals surface area contributed by atoms with Gasteiger partial charge in [-0.15, -0.1) is 0 Å². The number of methoxy groups -OCH3 is 1. The maximum Gasteiger partial charge on any atom is 0.315 e. The monoisotopic (exact) mass is 220 g/mol. The molecule has 1 aromatic rings. The zero-order chi connectivity index (χ0) is 11.6. The fourth-order valence-electron chi connectivity index (χ4n) is 2.04. The van der Waals surface area contributed by atoms with Gasteiger partial charge in [-0.25, -0.2) is 4.79 Å². The zero-order valence-electron chi connectivity index (χ0n) is 9.54. The standard InChI is InChI=1S/C12H16N2O2/c1-3-12(8-13-11(15)14-12)9-4-6-10(16-2)7-5-9/h4-7H,3,8H2,1-2H3,(H2,13,14,15). The van der Waals surface area contributed by atoms with Gasteiger partial charge in [0.25, 0.3) is 0 Å². The first-order valence-electron chi connectivity index (χ1n) is 5.41. The topological polar surface area (TPSA) is 50.4 Å². The number of carbonyl (C=O) groups is 1. The van der Waals surface area contributed by atoms with Crippen molar-refractivity contribution in [3.05, 3.63) is 29.8 Å². The van der Waals surface area contributed by atoms with E-state index in [4.69, 9.17) is 4.74 Å². The van der Waals surface area contributed by atoms with E-state index in [1.165, 1.54) is 0 Å². The van der Waals surface area contributed by atoms with E-state index in [1.54, 1.807) is 7.11 Å². The predicted octanol–water partition coefficient (Wildman–Crippen LogP) is 1.61. The molecule has 0 bridgehead atoms. The average Bonchev–Trinajstić information content (AvgIpc) is 2.72. The van der Waals surface area contributed by atoms with Gasteiger partial charge in [0.2, 0.25) is 0 Å². The Labute approximate surface area is 95.0 Å². The predicted molar refractivity (Wildman–Crippen MR) is 61.5 cm³/mol. The van der Waals surface area contributed by atoms with Crippen LogP contribution in [-0.4, -0.2) is 19.7 Å². The Morgan fingerprint density at radius 1 is 1.38 bits per heavy atom. The SMILES string of the molecule is CCC1(c2ccc(OC)cc2)CNC(=O)N1. The molecule has 1 saturated heterocycles. The molecule has 0 radical (unpaired) electrons. The van der Waals surface area contributed by atoms with Crippen LogP contribution in [0.1, 0.15) is 18.9 Å². The lowest BCUT2D eigenvalue weighted by molar-refractivity contribution is 0.244. The third-order valence-corrected chi connectivity index (χ3v) is 3.15. The summed E-state index contributed by atoms with van der Waals surface area (Å²) in [5.41, 5.74) is 0.831. The van der Waals surface area contributed by atoms with Crippen LogP contribution in [0.4, 0.5) is 4.79 Å². The smallest absolute Gasteiger partial charge is 0.315 e. The maximum absolute atomic E-state index is 11.3. The Hall–Kier alpha value is -1.71. The summed E-state index contributed by atoms with van der Waals surface area (Å²) in [5.74, 6) is 0.826. The summed E-state index contributed by atoms with van der Waals surface area (Å²) in [6.07, 6.45) is 0.859. The Balaban J connectivity index is 2.30. The maximum atomic E-state index is 11.3. The molecule has 86 valence electrons. The fourth-order valence-corrected chi connectivity index (χ4v) is 2.04. The van der Waals surface area contributed by atoms with Gasteiger partial charge in [0.05, 0.1) is 12.6 Å². The van der Waals surface area contributed by atoms with Gasteiger partial charge < -0.3 is 15.4 Å². The summed E-state index contributed by atoms with van der Waals surface area (Å²) < 4.78 is 5.12. The van der Waals surface area contributed by atoms with Crippen LogP contribution in [0.5, 0.6) is 5.75 Å². The molecule has 2 amide bonds. The first-order chi connectivity index (χ1) is 7.70. The number of amides is 2. The molecule has 2 rings (SSSR count). The average molecular weight is 220 g/mol. The van der Waals surface area contributed by atoms with E-state index in [2.05, 4.69) is 17.6 Å². The second-order valence-corrected chi connectivity index (χ2v) is 3.97. The second kappa shape index (κ2) is 4.04. The van der Waals surface area contributed by atoms with Crippen LogP contribution >= 0.6 is 0 Å². The van der Waals surface area contributed by atoms with Crippen LogP contribution in [0.2, 0.25) is 0 Å². The van der Waals surface area contributed by atoms with E-state index in [0.717, 1.165) is 17.7 Å². The molecule has 0 aliphatic carbocycles. The van der Waals surface area contributed by atoms with Gasteiger partial charge in [-0.2, -0.15) is 0 Å². The van der Waals surface area contributed by atoms with Crippen molar-refractivity contribution in [2.45, 2.75) is 18.9 Å².